The van der Waals surface area contributed by atoms with Crippen LogP contribution < -0.4 is 9.46 Å². The monoisotopic (exact) mass is 474 g/mol. The van der Waals surface area contributed by atoms with Crippen molar-refractivity contribution >= 4 is 33.3 Å². The van der Waals surface area contributed by atoms with E-state index in [0.29, 0.717) is 11.5 Å². The number of carboxylic acids is 1. The van der Waals surface area contributed by atoms with Gasteiger partial charge in [-0.25, -0.2) is 13.2 Å². The first-order chi connectivity index (χ1) is 15.2. The van der Waals surface area contributed by atoms with Crippen LogP contribution in [0.3, 0.4) is 0 Å². The van der Waals surface area contributed by atoms with Gasteiger partial charge in [0, 0.05) is 6.07 Å². The van der Waals surface area contributed by atoms with Crippen molar-refractivity contribution in [2.75, 3.05) is 4.72 Å². The van der Waals surface area contributed by atoms with Gasteiger partial charge in [0.1, 0.15) is 17.9 Å². The number of nitriles is 1. The van der Waals surface area contributed by atoms with Crippen molar-refractivity contribution in [3.8, 4) is 11.8 Å². The summed E-state index contributed by atoms with van der Waals surface area (Å²) in [6.07, 6.45) is 4.49. The van der Waals surface area contributed by atoms with Gasteiger partial charge in [0.05, 0.1) is 26.7 Å². The largest absolute Gasteiger partial charge is 0.488 e. The third kappa shape index (κ3) is 4.54. The van der Waals surface area contributed by atoms with Crippen molar-refractivity contribution in [1.29, 1.82) is 5.26 Å². The number of hydrogen-bond acceptors (Lipinski definition) is 5. The first kappa shape index (κ1) is 22.4. The summed E-state index contributed by atoms with van der Waals surface area (Å²) in [5.74, 6) is -0.568. The predicted octanol–water partition coefficient (Wildman–Crippen LogP) is 5.16. The highest BCUT2D eigenvalue weighted by Gasteiger charge is 2.32. The third-order valence-electron chi connectivity index (χ3n) is 6.06. The van der Waals surface area contributed by atoms with Crippen molar-refractivity contribution in [3.63, 3.8) is 0 Å². The van der Waals surface area contributed by atoms with E-state index in [2.05, 4.69) is 11.6 Å². The molecule has 0 unspecified atom stereocenters. The van der Waals surface area contributed by atoms with Crippen LogP contribution in [0.2, 0.25) is 5.02 Å². The molecule has 7 nitrogen and oxygen atoms in total. The summed E-state index contributed by atoms with van der Waals surface area (Å²) in [4.78, 5) is 11.4. The zero-order valence-corrected chi connectivity index (χ0v) is 19.0. The molecule has 0 bridgehead atoms. The van der Waals surface area contributed by atoms with Crippen molar-refractivity contribution in [2.24, 2.45) is 5.92 Å². The van der Waals surface area contributed by atoms with Crippen LogP contribution in [-0.2, 0) is 10.0 Å². The number of carboxylic acid groups (broad SMARTS) is 1. The molecule has 0 aromatic heterocycles. The summed E-state index contributed by atoms with van der Waals surface area (Å²) in [7, 11) is -4.16. The number of carbonyl (C=O) groups is 1. The zero-order chi connectivity index (χ0) is 23.0. The number of halogens is 1. The minimum atomic E-state index is -4.16. The Morgan fingerprint density at radius 2 is 1.97 bits per heavy atom. The summed E-state index contributed by atoms with van der Waals surface area (Å²) in [6.45, 7) is 2.08. The lowest BCUT2D eigenvalue weighted by atomic mass is 10.1. The average Bonchev–Trinajstić information content (AvgIpc) is 3.52. The number of nitrogens with one attached hydrogen (secondary N) is 1. The summed E-state index contributed by atoms with van der Waals surface area (Å²) in [5, 5.41) is 18.9. The molecule has 0 heterocycles. The second kappa shape index (κ2) is 8.64. The van der Waals surface area contributed by atoms with E-state index in [4.69, 9.17) is 16.3 Å². The van der Waals surface area contributed by atoms with Crippen LogP contribution in [0.5, 0.6) is 5.75 Å². The van der Waals surface area contributed by atoms with E-state index in [9.17, 15) is 23.6 Å². The topological polar surface area (TPSA) is 116 Å². The van der Waals surface area contributed by atoms with Crippen LogP contribution >= 0.6 is 11.6 Å². The fraction of sp³-hybridized carbons (Fsp3) is 0.391. The summed E-state index contributed by atoms with van der Waals surface area (Å²) in [6, 6.07) is 8.93. The molecule has 2 saturated carbocycles. The van der Waals surface area contributed by atoms with Crippen molar-refractivity contribution in [1.82, 2.24) is 0 Å². The van der Waals surface area contributed by atoms with Gasteiger partial charge in [0.15, 0.2) is 0 Å². The summed E-state index contributed by atoms with van der Waals surface area (Å²) >= 11 is 6.20. The maximum atomic E-state index is 13.4. The number of sulfonamides is 1. The first-order valence-electron chi connectivity index (χ1n) is 10.5. The zero-order valence-electron chi connectivity index (χ0n) is 17.5. The summed E-state index contributed by atoms with van der Waals surface area (Å²) in [5.41, 5.74) is 0.689. The van der Waals surface area contributed by atoms with Crippen LogP contribution in [0.25, 0.3) is 0 Å². The van der Waals surface area contributed by atoms with Crippen LogP contribution in [0.1, 0.15) is 66.4 Å². The molecule has 2 aromatic carbocycles. The van der Waals surface area contributed by atoms with Gasteiger partial charge < -0.3 is 9.84 Å². The molecule has 2 aliphatic carbocycles. The molecule has 0 aliphatic heterocycles. The van der Waals surface area contributed by atoms with E-state index in [-0.39, 0.29) is 44.5 Å². The number of ether oxygens (including phenoxy) is 1. The van der Waals surface area contributed by atoms with E-state index in [1.165, 1.54) is 24.3 Å². The molecule has 9 heteroatoms. The lowest BCUT2D eigenvalue weighted by molar-refractivity contribution is 0.0696. The van der Waals surface area contributed by atoms with Gasteiger partial charge in [-0.15, -0.1) is 0 Å². The molecule has 0 saturated heterocycles. The minimum Gasteiger partial charge on any atom is -0.488 e. The molecular formula is C23H23ClN2O5S. The van der Waals surface area contributed by atoms with Crippen molar-refractivity contribution in [2.45, 2.75) is 55.9 Å². The van der Waals surface area contributed by atoms with E-state index in [1.807, 2.05) is 6.07 Å². The number of nitrogens with zero attached hydrogens (tertiary/aromatic N) is 1. The van der Waals surface area contributed by atoms with E-state index >= 15 is 0 Å². The van der Waals surface area contributed by atoms with Crippen molar-refractivity contribution in [3.05, 3.63) is 52.0 Å². The lowest BCUT2D eigenvalue weighted by Crippen LogP contribution is -2.21. The second-order valence-electron chi connectivity index (χ2n) is 8.44. The van der Waals surface area contributed by atoms with E-state index in [1.54, 1.807) is 6.07 Å². The highest BCUT2D eigenvalue weighted by molar-refractivity contribution is 7.92. The molecule has 168 valence electrons. The van der Waals surface area contributed by atoms with Gasteiger partial charge in [0.2, 0.25) is 0 Å². The predicted molar refractivity (Wildman–Crippen MR) is 120 cm³/mol. The highest BCUT2D eigenvalue weighted by atomic mass is 35.5. The fourth-order valence-corrected chi connectivity index (χ4v) is 5.68. The van der Waals surface area contributed by atoms with Gasteiger partial charge in [0.25, 0.3) is 10.0 Å². The standard InChI is InChI=1S/C23H23ClN2O5S/c1-13-3-2-4-20(13)31-21-11-18(24)16(12-25)9-19(21)26-32(29,30)22-10-15(23(27)28)7-8-17(22)14-5-6-14/h7-11,13-14,20,26H,2-6H2,1H3,(H,27,28)/t13-,20+/m0/s1. The Hall–Kier alpha value is -2.76. The SMILES string of the molecule is C[C@H]1CCC[C@H]1Oc1cc(Cl)c(C#N)cc1NS(=O)(=O)c1cc(C(=O)O)ccc1C1CC1. The van der Waals surface area contributed by atoms with Crippen LogP contribution in [0, 0.1) is 17.2 Å². The Labute approximate surface area is 192 Å². The van der Waals surface area contributed by atoms with Crippen molar-refractivity contribution < 1.29 is 23.1 Å². The molecule has 2 atom stereocenters. The third-order valence-corrected chi connectivity index (χ3v) is 7.80. The molecular weight excluding hydrogens is 452 g/mol. The molecule has 2 aliphatic rings. The van der Waals surface area contributed by atoms with E-state index in [0.717, 1.165) is 32.1 Å². The van der Waals surface area contributed by atoms with Gasteiger partial charge in [-0.05, 0) is 67.7 Å². The van der Waals surface area contributed by atoms with Gasteiger partial charge in [-0.3, -0.25) is 4.72 Å². The Morgan fingerprint density at radius 3 is 2.56 bits per heavy atom. The normalized spacial score (nSPS) is 20.5. The fourth-order valence-electron chi connectivity index (χ4n) is 4.10. The van der Waals surface area contributed by atoms with Gasteiger partial charge in [-0.2, -0.15) is 5.26 Å². The Kier molecular flexibility index (Phi) is 6.06. The first-order valence-corrected chi connectivity index (χ1v) is 12.4. The maximum Gasteiger partial charge on any atom is 0.335 e. The van der Waals surface area contributed by atoms with E-state index < -0.39 is 16.0 Å². The minimum absolute atomic E-state index is 0.0754. The highest BCUT2D eigenvalue weighted by Crippen LogP contribution is 2.44. The molecule has 2 fully saturated rings. The second-order valence-corrected chi connectivity index (χ2v) is 10.5. The molecule has 0 amide bonds. The Morgan fingerprint density at radius 1 is 1.22 bits per heavy atom. The van der Waals surface area contributed by atoms with Crippen LogP contribution in [0.4, 0.5) is 5.69 Å². The molecule has 4 rings (SSSR count). The number of hydrogen-bond donors (Lipinski definition) is 2. The van der Waals surface area contributed by atoms with Crippen LogP contribution in [-0.4, -0.2) is 25.6 Å². The summed E-state index contributed by atoms with van der Waals surface area (Å²) < 4.78 is 35.4. The number of benzene rings is 2. The van der Waals surface area contributed by atoms with Crippen LogP contribution in [0.15, 0.2) is 35.2 Å². The number of aromatic carboxylic acids is 1. The molecule has 32 heavy (non-hydrogen) atoms. The lowest BCUT2D eigenvalue weighted by Gasteiger charge is -2.22. The Bertz CT molecular complexity index is 1220. The smallest absolute Gasteiger partial charge is 0.335 e. The number of anilines is 1. The quantitative estimate of drug-likeness (QED) is 0.572. The molecule has 0 spiro atoms. The molecule has 2 N–H and O–H groups in total. The van der Waals surface area contributed by atoms with Gasteiger partial charge in [-0.1, -0.05) is 24.6 Å². The Balaban J connectivity index is 1.75. The molecule has 2 aromatic rings. The molecule has 0 radical (unpaired) electrons. The maximum absolute atomic E-state index is 13.4. The number of rotatable bonds is 7. The average molecular weight is 475 g/mol. The van der Waals surface area contributed by atoms with Gasteiger partial charge >= 0.3 is 5.97 Å².